The normalized spacial score (nSPS) is 10.2. The summed E-state index contributed by atoms with van der Waals surface area (Å²) in [6.07, 6.45) is 3.09. The molecule has 1 aromatic heterocycles. The molecule has 0 radical (unpaired) electrons. The zero-order valence-corrected chi connectivity index (χ0v) is 14.2. The van der Waals surface area contributed by atoms with Crippen LogP contribution in [-0.2, 0) is 0 Å². The van der Waals surface area contributed by atoms with Crippen LogP contribution < -0.4 is 14.8 Å². The lowest BCUT2D eigenvalue weighted by Crippen LogP contribution is -2.12. The van der Waals surface area contributed by atoms with Crippen molar-refractivity contribution in [1.82, 2.24) is 4.98 Å². The van der Waals surface area contributed by atoms with Gasteiger partial charge in [-0.2, -0.15) is 0 Å². The second kappa shape index (κ2) is 7.68. The Labute approximate surface area is 150 Å². The average Bonchev–Trinajstić information content (AvgIpc) is 2.65. The molecule has 0 aliphatic heterocycles. The summed E-state index contributed by atoms with van der Waals surface area (Å²) < 4.78 is 11.1. The molecule has 1 amide bonds. The first-order valence-electron chi connectivity index (χ1n) is 7.48. The molecular formula is C19H15ClN2O3. The van der Waals surface area contributed by atoms with Crippen molar-refractivity contribution in [2.75, 3.05) is 12.4 Å². The largest absolute Gasteiger partial charge is 0.497 e. The van der Waals surface area contributed by atoms with Crippen LogP contribution >= 0.6 is 11.6 Å². The summed E-state index contributed by atoms with van der Waals surface area (Å²) >= 11 is 6.06. The number of ether oxygens (including phenoxy) is 2. The van der Waals surface area contributed by atoms with Gasteiger partial charge in [-0.15, -0.1) is 0 Å². The topological polar surface area (TPSA) is 60.5 Å². The van der Waals surface area contributed by atoms with E-state index in [0.717, 1.165) is 0 Å². The number of amides is 1. The minimum atomic E-state index is -0.300. The minimum Gasteiger partial charge on any atom is -0.497 e. The van der Waals surface area contributed by atoms with Gasteiger partial charge in [0.15, 0.2) is 5.75 Å². The predicted octanol–water partition coefficient (Wildman–Crippen LogP) is 4.79. The Morgan fingerprint density at radius 1 is 1.08 bits per heavy atom. The van der Waals surface area contributed by atoms with Crippen molar-refractivity contribution >= 4 is 23.2 Å². The van der Waals surface area contributed by atoms with Crippen molar-refractivity contribution in [3.05, 3.63) is 77.6 Å². The zero-order valence-electron chi connectivity index (χ0n) is 13.4. The minimum absolute atomic E-state index is 0.300. The number of halogens is 1. The molecule has 0 fully saturated rings. The van der Waals surface area contributed by atoms with Gasteiger partial charge in [-0.05, 0) is 42.5 Å². The van der Waals surface area contributed by atoms with E-state index in [1.54, 1.807) is 55.8 Å². The molecule has 126 valence electrons. The maximum Gasteiger partial charge on any atom is 0.257 e. The first-order chi connectivity index (χ1) is 12.2. The van der Waals surface area contributed by atoms with Crippen LogP contribution in [0.3, 0.4) is 0 Å². The highest BCUT2D eigenvalue weighted by molar-refractivity contribution is 6.31. The lowest BCUT2D eigenvalue weighted by atomic mass is 10.2. The Balaban J connectivity index is 1.86. The van der Waals surface area contributed by atoms with E-state index < -0.39 is 0 Å². The van der Waals surface area contributed by atoms with Gasteiger partial charge >= 0.3 is 0 Å². The van der Waals surface area contributed by atoms with E-state index in [1.807, 2.05) is 12.1 Å². The van der Waals surface area contributed by atoms with Crippen molar-refractivity contribution in [3.63, 3.8) is 0 Å². The molecular weight excluding hydrogens is 340 g/mol. The highest BCUT2D eigenvalue weighted by atomic mass is 35.5. The number of rotatable bonds is 5. The lowest BCUT2D eigenvalue weighted by Gasteiger charge is -2.13. The fraction of sp³-hybridized carbons (Fsp3) is 0.0526. The number of aromatic nitrogens is 1. The molecule has 0 saturated heterocycles. The second-order valence-corrected chi connectivity index (χ2v) is 5.55. The fourth-order valence-corrected chi connectivity index (χ4v) is 2.34. The van der Waals surface area contributed by atoms with Gasteiger partial charge in [0.2, 0.25) is 0 Å². The van der Waals surface area contributed by atoms with Crippen molar-refractivity contribution in [1.29, 1.82) is 0 Å². The number of methoxy groups -OCH3 is 1. The highest BCUT2D eigenvalue weighted by Crippen LogP contribution is 2.33. The lowest BCUT2D eigenvalue weighted by molar-refractivity contribution is 0.102. The third-order valence-electron chi connectivity index (χ3n) is 3.38. The van der Waals surface area contributed by atoms with E-state index in [1.165, 1.54) is 6.20 Å². The highest BCUT2D eigenvalue weighted by Gasteiger charge is 2.12. The van der Waals surface area contributed by atoms with Crippen LogP contribution in [0, 0.1) is 0 Å². The van der Waals surface area contributed by atoms with E-state index in [2.05, 4.69) is 10.3 Å². The van der Waals surface area contributed by atoms with Crippen LogP contribution in [0.4, 0.5) is 5.69 Å². The molecule has 1 N–H and O–H groups in total. The SMILES string of the molecule is COc1cccc(Oc2ccc(Cl)cc2NC(=O)c2cccnc2)c1. The quantitative estimate of drug-likeness (QED) is 0.715. The summed E-state index contributed by atoms with van der Waals surface area (Å²) in [5.41, 5.74) is 0.902. The zero-order chi connectivity index (χ0) is 17.6. The smallest absolute Gasteiger partial charge is 0.257 e. The van der Waals surface area contributed by atoms with Gasteiger partial charge in [-0.3, -0.25) is 9.78 Å². The molecule has 0 atom stereocenters. The standard InChI is InChI=1S/C19H15ClN2O3/c1-24-15-5-2-6-16(11-15)25-18-8-7-14(20)10-17(18)22-19(23)13-4-3-9-21-12-13/h2-12H,1H3,(H,22,23). The predicted molar refractivity (Wildman–Crippen MR) is 96.7 cm³/mol. The summed E-state index contributed by atoms with van der Waals surface area (Å²) in [6.45, 7) is 0. The van der Waals surface area contributed by atoms with Crippen LogP contribution in [0.2, 0.25) is 5.02 Å². The monoisotopic (exact) mass is 354 g/mol. The number of benzene rings is 2. The van der Waals surface area contributed by atoms with Crippen molar-refractivity contribution in [2.24, 2.45) is 0 Å². The molecule has 25 heavy (non-hydrogen) atoms. The summed E-state index contributed by atoms with van der Waals surface area (Å²) in [6, 6.07) is 15.6. The van der Waals surface area contributed by atoms with Gasteiger partial charge in [0.25, 0.3) is 5.91 Å². The second-order valence-electron chi connectivity index (χ2n) is 5.12. The molecule has 3 aromatic rings. The van der Waals surface area contributed by atoms with Crippen molar-refractivity contribution in [2.45, 2.75) is 0 Å². The van der Waals surface area contributed by atoms with Gasteiger partial charge in [-0.1, -0.05) is 17.7 Å². The number of carbonyl (C=O) groups excluding carboxylic acids is 1. The number of hydrogen-bond donors (Lipinski definition) is 1. The van der Waals surface area contributed by atoms with E-state index in [-0.39, 0.29) is 5.91 Å². The number of nitrogens with zero attached hydrogens (tertiary/aromatic N) is 1. The summed E-state index contributed by atoms with van der Waals surface area (Å²) in [5.74, 6) is 1.42. The van der Waals surface area contributed by atoms with Gasteiger partial charge in [0, 0.05) is 23.5 Å². The molecule has 0 saturated carbocycles. The van der Waals surface area contributed by atoms with Crippen LogP contribution in [0.1, 0.15) is 10.4 Å². The first-order valence-corrected chi connectivity index (χ1v) is 7.86. The van der Waals surface area contributed by atoms with E-state index >= 15 is 0 Å². The summed E-state index contributed by atoms with van der Waals surface area (Å²) in [4.78, 5) is 16.3. The van der Waals surface area contributed by atoms with Crippen LogP contribution in [0.25, 0.3) is 0 Å². The van der Waals surface area contributed by atoms with Crippen molar-refractivity contribution in [3.8, 4) is 17.2 Å². The van der Waals surface area contributed by atoms with Gasteiger partial charge in [0.1, 0.15) is 11.5 Å². The summed E-state index contributed by atoms with van der Waals surface area (Å²) in [5, 5.41) is 3.28. The van der Waals surface area contributed by atoms with Gasteiger partial charge < -0.3 is 14.8 Å². The molecule has 0 spiro atoms. The number of carbonyl (C=O) groups is 1. The number of hydrogen-bond acceptors (Lipinski definition) is 4. The Morgan fingerprint density at radius 3 is 2.68 bits per heavy atom. The molecule has 2 aromatic carbocycles. The molecule has 6 heteroatoms. The molecule has 3 rings (SSSR count). The van der Waals surface area contributed by atoms with E-state index in [4.69, 9.17) is 21.1 Å². The molecule has 0 bridgehead atoms. The van der Waals surface area contributed by atoms with Crippen LogP contribution in [0.5, 0.6) is 17.2 Å². The maximum absolute atomic E-state index is 12.4. The maximum atomic E-state index is 12.4. The number of anilines is 1. The first kappa shape index (κ1) is 16.8. The van der Waals surface area contributed by atoms with E-state index in [0.29, 0.717) is 33.5 Å². The van der Waals surface area contributed by atoms with Crippen LogP contribution in [-0.4, -0.2) is 18.0 Å². The molecule has 1 heterocycles. The Morgan fingerprint density at radius 2 is 1.92 bits per heavy atom. The molecule has 5 nitrogen and oxygen atoms in total. The van der Waals surface area contributed by atoms with Crippen LogP contribution in [0.15, 0.2) is 67.0 Å². The number of pyridine rings is 1. The average molecular weight is 355 g/mol. The van der Waals surface area contributed by atoms with Crippen molar-refractivity contribution < 1.29 is 14.3 Å². The number of nitrogens with one attached hydrogen (secondary N) is 1. The molecule has 0 aliphatic carbocycles. The third kappa shape index (κ3) is 4.28. The Kier molecular flexibility index (Phi) is 5.16. The third-order valence-corrected chi connectivity index (χ3v) is 3.62. The Hall–Kier alpha value is -3.05. The molecule has 0 aliphatic rings. The van der Waals surface area contributed by atoms with Gasteiger partial charge in [-0.25, -0.2) is 0 Å². The summed E-state index contributed by atoms with van der Waals surface area (Å²) in [7, 11) is 1.58. The molecule has 0 unspecified atom stereocenters. The van der Waals surface area contributed by atoms with Gasteiger partial charge in [0.05, 0.1) is 18.4 Å². The Bertz CT molecular complexity index is 885. The fourth-order valence-electron chi connectivity index (χ4n) is 2.17. The van der Waals surface area contributed by atoms with E-state index in [9.17, 15) is 4.79 Å².